The number of hydrogen-bond acceptors (Lipinski definition) is 4. The van der Waals surface area contributed by atoms with E-state index in [-0.39, 0.29) is 35.9 Å². The van der Waals surface area contributed by atoms with Crippen molar-refractivity contribution in [3.63, 3.8) is 0 Å². The predicted octanol–water partition coefficient (Wildman–Crippen LogP) is 4.26. The van der Waals surface area contributed by atoms with E-state index in [9.17, 15) is 9.18 Å². The van der Waals surface area contributed by atoms with Gasteiger partial charge in [0.15, 0.2) is 0 Å². The molecular weight excluding hydrogens is 353 g/mol. The van der Waals surface area contributed by atoms with E-state index in [1.165, 1.54) is 23.8 Å². The molecule has 1 amide bonds. The molecule has 2 saturated carbocycles. The van der Waals surface area contributed by atoms with Gasteiger partial charge >= 0.3 is 0 Å². The van der Waals surface area contributed by atoms with Crippen molar-refractivity contribution >= 4 is 27.3 Å². The number of fused-ring (bicyclic) bond motifs is 1. The maximum Gasteiger partial charge on any atom is 0.262 e. The summed E-state index contributed by atoms with van der Waals surface area (Å²) >= 11 is 1.34. The molecule has 0 radical (unpaired) electrons. The molecule has 0 aliphatic heterocycles. The lowest BCUT2D eigenvalue weighted by Gasteiger charge is -2.60. The fourth-order valence-corrected chi connectivity index (χ4v) is 5.62. The summed E-state index contributed by atoms with van der Waals surface area (Å²) in [5, 5.41) is 3.71. The van der Waals surface area contributed by atoms with Crippen LogP contribution in [-0.2, 0) is 16.1 Å². The van der Waals surface area contributed by atoms with Crippen LogP contribution in [0.25, 0.3) is 10.1 Å². The Bertz CT molecular complexity index is 830. The fourth-order valence-electron chi connectivity index (χ4n) is 4.50. The van der Waals surface area contributed by atoms with Gasteiger partial charge in [0, 0.05) is 40.8 Å². The number of halogens is 1. The molecule has 2 unspecified atom stereocenters. The zero-order valence-electron chi connectivity index (χ0n) is 15.1. The van der Waals surface area contributed by atoms with Gasteiger partial charge in [-0.25, -0.2) is 4.39 Å². The van der Waals surface area contributed by atoms with Gasteiger partial charge < -0.3 is 14.8 Å². The lowest BCUT2D eigenvalue weighted by molar-refractivity contribution is -0.169. The summed E-state index contributed by atoms with van der Waals surface area (Å²) in [4.78, 5) is 13.6. The van der Waals surface area contributed by atoms with Crippen LogP contribution in [0.5, 0.6) is 0 Å². The molecule has 1 aromatic carbocycles. The summed E-state index contributed by atoms with van der Waals surface area (Å²) in [5.41, 5.74) is 0.751. The summed E-state index contributed by atoms with van der Waals surface area (Å²) in [7, 11) is 1.56. The van der Waals surface area contributed by atoms with Crippen molar-refractivity contribution in [3.05, 3.63) is 34.5 Å². The number of amides is 1. The molecule has 140 valence electrons. The average molecular weight is 377 g/mol. The molecule has 0 bridgehead atoms. The molecule has 1 aromatic heterocycles. The van der Waals surface area contributed by atoms with E-state index in [1.807, 2.05) is 13.0 Å². The number of methoxy groups -OCH3 is 1. The number of ether oxygens (including phenoxy) is 2. The summed E-state index contributed by atoms with van der Waals surface area (Å²) in [6.07, 6.45) is 4.52. The molecule has 4 nitrogen and oxygen atoms in total. The van der Waals surface area contributed by atoms with Crippen LogP contribution in [0.3, 0.4) is 0 Å². The highest BCUT2D eigenvalue weighted by Crippen LogP contribution is 2.57. The van der Waals surface area contributed by atoms with Crippen molar-refractivity contribution in [1.29, 1.82) is 0 Å². The minimum Gasteiger partial charge on any atom is -0.380 e. The maximum atomic E-state index is 14.3. The van der Waals surface area contributed by atoms with Crippen LogP contribution in [0.2, 0.25) is 0 Å². The van der Waals surface area contributed by atoms with Gasteiger partial charge in [-0.2, -0.15) is 0 Å². The number of nitrogens with one attached hydrogen (secondary N) is 1. The van der Waals surface area contributed by atoms with E-state index in [1.54, 1.807) is 13.2 Å². The zero-order chi connectivity index (χ0) is 18.3. The van der Waals surface area contributed by atoms with E-state index < -0.39 is 0 Å². The molecule has 2 aliphatic carbocycles. The van der Waals surface area contributed by atoms with Crippen LogP contribution < -0.4 is 5.32 Å². The molecule has 2 aromatic rings. The first-order chi connectivity index (χ1) is 12.6. The molecular formula is C20H24FNO3S. The molecule has 2 fully saturated rings. The number of hydrogen-bond donors (Lipinski definition) is 1. The molecule has 2 atom stereocenters. The average Bonchev–Trinajstić information content (AvgIpc) is 2.92. The maximum absolute atomic E-state index is 14.3. The van der Waals surface area contributed by atoms with Crippen LogP contribution >= 0.6 is 11.3 Å². The number of thiophene rings is 1. The molecule has 1 heterocycles. The quantitative estimate of drug-likeness (QED) is 0.818. The number of benzene rings is 1. The molecule has 1 N–H and O–H groups in total. The van der Waals surface area contributed by atoms with Crippen molar-refractivity contribution in [2.75, 3.05) is 13.7 Å². The Kier molecular flexibility index (Phi) is 4.75. The van der Waals surface area contributed by atoms with Crippen molar-refractivity contribution in [1.82, 2.24) is 5.32 Å². The third-order valence-electron chi connectivity index (χ3n) is 6.00. The number of carbonyl (C=O) groups is 1. The van der Waals surface area contributed by atoms with Gasteiger partial charge in [-0.15, -0.1) is 11.3 Å². The third kappa shape index (κ3) is 2.66. The first-order valence-electron chi connectivity index (χ1n) is 9.22. The van der Waals surface area contributed by atoms with Gasteiger partial charge in [0.05, 0.1) is 17.6 Å². The van der Waals surface area contributed by atoms with E-state index in [0.717, 1.165) is 24.0 Å². The largest absolute Gasteiger partial charge is 0.380 e. The summed E-state index contributed by atoms with van der Waals surface area (Å²) in [5.74, 6) is -0.427. The van der Waals surface area contributed by atoms with Gasteiger partial charge in [0.1, 0.15) is 5.82 Å². The second-order valence-electron chi connectivity index (χ2n) is 7.25. The topological polar surface area (TPSA) is 47.6 Å². The minimum atomic E-state index is -0.305. The van der Waals surface area contributed by atoms with Gasteiger partial charge in [-0.05, 0) is 38.3 Å². The van der Waals surface area contributed by atoms with Gasteiger partial charge in [0.2, 0.25) is 0 Å². The Balaban J connectivity index is 1.59. The fraction of sp³-hybridized carbons (Fsp3) is 0.550. The summed E-state index contributed by atoms with van der Waals surface area (Å²) in [6, 6.07) is 5.10. The Morgan fingerprint density at radius 1 is 1.42 bits per heavy atom. The second kappa shape index (κ2) is 6.91. The van der Waals surface area contributed by atoms with E-state index in [2.05, 4.69) is 5.32 Å². The van der Waals surface area contributed by atoms with Gasteiger partial charge in [-0.3, -0.25) is 4.79 Å². The Hall–Kier alpha value is -1.50. The normalized spacial score (nSPS) is 23.7. The van der Waals surface area contributed by atoms with Crippen LogP contribution in [0.15, 0.2) is 18.2 Å². The Labute approximate surface area is 156 Å². The monoisotopic (exact) mass is 377 g/mol. The SMILES string of the molecule is CCOC1CC(NC(=O)c2sc3cccc(F)c3c2COC)C12CCC2. The van der Waals surface area contributed by atoms with Crippen LogP contribution in [0, 0.1) is 11.2 Å². The first-order valence-corrected chi connectivity index (χ1v) is 10.0. The Morgan fingerprint density at radius 3 is 2.88 bits per heavy atom. The molecule has 4 rings (SSSR count). The van der Waals surface area contributed by atoms with Crippen LogP contribution in [0.1, 0.15) is 47.8 Å². The highest BCUT2D eigenvalue weighted by molar-refractivity contribution is 7.21. The van der Waals surface area contributed by atoms with E-state index >= 15 is 0 Å². The van der Waals surface area contributed by atoms with Gasteiger partial charge in [0.25, 0.3) is 5.91 Å². The third-order valence-corrected chi connectivity index (χ3v) is 7.20. The van der Waals surface area contributed by atoms with E-state index in [4.69, 9.17) is 9.47 Å². The van der Waals surface area contributed by atoms with Crippen molar-refractivity contribution in [2.45, 2.75) is 51.4 Å². The van der Waals surface area contributed by atoms with Crippen molar-refractivity contribution in [3.8, 4) is 0 Å². The molecule has 1 spiro atoms. The van der Waals surface area contributed by atoms with Crippen molar-refractivity contribution in [2.24, 2.45) is 5.41 Å². The van der Waals surface area contributed by atoms with Crippen LogP contribution in [-0.4, -0.2) is 31.8 Å². The second-order valence-corrected chi connectivity index (χ2v) is 8.30. The molecule has 0 saturated heterocycles. The van der Waals surface area contributed by atoms with E-state index in [0.29, 0.717) is 22.4 Å². The van der Waals surface area contributed by atoms with Gasteiger partial charge in [-0.1, -0.05) is 12.5 Å². The molecule has 2 aliphatic rings. The minimum absolute atomic E-state index is 0.106. The summed E-state index contributed by atoms with van der Waals surface area (Å²) < 4.78 is 26.2. The lowest BCUT2D eigenvalue weighted by atomic mass is 9.51. The smallest absolute Gasteiger partial charge is 0.262 e. The highest BCUT2D eigenvalue weighted by atomic mass is 32.1. The Morgan fingerprint density at radius 2 is 2.23 bits per heavy atom. The number of rotatable bonds is 6. The van der Waals surface area contributed by atoms with Crippen molar-refractivity contribution < 1.29 is 18.7 Å². The highest BCUT2D eigenvalue weighted by Gasteiger charge is 2.59. The molecule has 6 heteroatoms. The first kappa shape index (κ1) is 17.9. The zero-order valence-corrected chi connectivity index (χ0v) is 16.0. The predicted molar refractivity (Wildman–Crippen MR) is 100 cm³/mol. The standard InChI is InChI=1S/C20H24FNO3S/c1-3-25-16-10-15(20(16)8-5-9-20)22-19(23)18-12(11-24-2)17-13(21)6-4-7-14(17)26-18/h4,6-7,15-16H,3,5,8-11H2,1-2H3,(H,22,23). The summed E-state index contributed by atoms with van der Waals surface area (Å²) in [6.45, 7) is 2.95. The number of carbonyl (C=O) groups excluding carboxylic acids is 1. The lowest BCUT2D eigenvalue weighted by Crippen LogP contribution is -2.67. The molecule has 26 heavy (non-hydrogen) atoms. The van der Waals surface area contributed by atoms with Crippen LogP contribution in [0.4, 0.5) is 4.39 Å².